The second-order valence-corrected chi connectivity index (χ2v) is 6.64. The van der Waals surface area contributed by atoms with E-state index in [0.717, 1.165) is 24.0 Å². The zero-order valence-corrected chi connectivity index (χ0v) is 15.0. The third-order valence-corrected chi connectivity index (χ3v) is 4.62. The van der Waals surface area contributed by atoms with Crippen molar-refractivity contribution in [2.75, 3.05) is 13.1 Å². The number of alkyl carbamates (subject to hydrolysis) is 1. The Morgan fingerprint density at radius 2 is 1.69 bits per heavy atom. The molecule has 0 unspecified atom stereocenters. The highest BCUT2D eigenvalue weighted by molar-refractivity contribution is 5.94. The number of nitrogens with one attached hydrogen (secondary N) is 1. The number of piperidine rings is 1. The summed E-state index contributed by atoms with van der Waals surface area (Å²) in [7, 11) is 0. The van der Waals surface area contributed by atoms with E-state index in [4.69, 9.17) is 4.74 Å². The number of amides is 2. The lowest BCUT2D eigenvalue weighted by Gasteiger charge is -2.32. The molecule has 3 rings (SSSR count). The number of hydrogen-bond donors (Lipinski definition) is 1. The standard InChI is InChI=1S/C21H24N2O3/c1-16-7-9-18(10-8-16)20(24)23-13-11-19(12-14-23)22-21(25)26-15-17-5-3-2-4-6-17/h2-10,19H,11-15H2,1H3,(H,22,25). The van der Waals surface area contributed by atoms with Crippen LogP contribution in [0.25, 0.3) is 0 Å². The molecule has 0 radical (unpaired) electrons. The molecule has 1 saturated heterocycles. The van der Waals surface area contributed by atoms with Gasteiger partial charge in [0, 0.05) is 24.7 Å². The summed E-state index contributed by atoms with van der Waals surface area (Å²) >= 11 is 0. The summed E-state index contributed by atoms with van der Waals surface area (Å²) in [6, 6.07) is 17.3. The Balaban J connectivity index is 1.42. The molecule has 26 heavy (non-hydrogen) atoms. The second kappa shape index (κ2) is 8.52. The smallest absolute Gasteiger partial charge is 0.407 e. The van der Waals surface area contributed by atoms with Crippen LogP contribution in [0.3, 0.4) is 0 Å². The first-order chi connectivity index (χ1) is 12.6. The Bertz CT molecular complexity index is 736. The van der Waals surface area contributed by atoms with Crippen molar-refractivity contribution in [1.29, 1.82) is 0 Å². The average Bonchev–Trinajstić information content (AvgIpc) is 2.68. The van der Waals surface area contributed by atoms with Gasteiger partial charge >= 0.3 is 6.09 Å². The van der Waals surface area contributed by atoms with Crippen LogP contribution in [0.5, 0.6) is 0 Å². The number of carbonyl (C=O) groups is 2. The summed E-state index contributed by atoms with van der Waals surface area (Å²) in [4.78, 5) is 26.3. The predicted octanol–water partition coefficient (Wildman–Crippen LogP) is 3.53. The van der Waals surface area contributed by atoms with E-state index in [1.165, 1.54) is 0 Å². The van der Waals surface area contributed by atoms with Crippen molar-refractivity contribution >= 4 is 12.0 Å². The van der Waals surface area contributed by atoms with Gasteiger partial charge in [-0.15, -0.1) is 0 Å². The fourth-order valence-corrected chi connectivity index (χ4v) is 3.04. The van der Waals surface area contributed by atoms with Crippen LogP contribution in [-0.4, -0.2) is 36.0 Å². The van der Waals surface area contributed by atoms with Gasteiger partial charge in [-0.1, -0.05) is 48.0 Å². The van der Waals surface area contributed by atoms with Gasteiger partial charge in [0.25, 0.3) is 5.91 Å². The summed E-state index contributed by atoms with van der Waals surface area (Å²) in [6.07, 6.45) is 1.06. The Kier molecular flexibility index (Phi) is 5.89. The van der Waals surface area contributed by atoms with Crippen molar-refractivity contribution in [1.82, 2.24) is 10.2 Å². The molecule has 1 heterocycles. The monoisotopic (exact) mass is 352 g/mol. The maximum atomic E-state index is 12.5. The maximum Gasteiger partial charge on any atom is 0.407 e. The quantitative estimate of drug-likeness (QED) is 0.916. The molecule has 0 aromatic heterocycles. The molecular formula is C21H24N2O3. The molecule has 2 aromatic carbocycles. The van der Waals surface area contributed by atoms with Crippen LogP contribution in [0, 0.1) is 6.92 Å². The Morgan fingerprint density at radius 1 is 1.04 bits per heavy atom. The highest BCUT2D eigenvalue weighted by Gasteiger charge is 2.24. The number of ether oxygens (including phenoxy) is 1. The van der Waals surface area contributed by atoms with Gasteiger partial charge in [-0.2, -0.15) is 0 Å². The third kappa shape index (κ3) is 4.85. The van der Waals surface area contributed by atoms with E-state index in [-0.39, 0.29) is 18.6 Å². The van der Waals surface area contributed by atoms with Gasteiger partial charge < -0.3 is 15.0 Å². The average molecular weight is 352 g/mol. The first-order valence-electron chi connectivity index (χ1n) is 8.95. The van der Waals surface area contributed by atoms with E-state index < -0.39 is 6.09 Å². The zero-order valence-electron chi connectivity index (χ0n) is 15.0. The lowest BCUT2D eigenvalue weighted by atomic mass is 10.0. The molecule has 0 bridgehead atoms. The Morgan fingerprint density at radius 3 is 2.35 bits per heavy atom. The highest BCUT2D eigenvalue weighted by Crippen LogP contribution is 2.15. The first-order valence-corrected chi connectivity index (χ1v) is 8.95. The predicted molar refractivity (Wildman–Crippen MR) is 99.9 cm³/mol. The molecule has 2 aromatic rings. The molecule has 0 aliphatic carbocycles. The van der Waals surface area contributed by atoms with Crippen LogP contribution in [0.2, 0.25) is 0 Å². The van der Waals surface area contributed by atoms with Crippen molar-refractivity contribution in [2.45, 2.75) is 32.4 Å². The molecule has 1 aliphatic heterocycles. The summed E-state index contributed by atoms with van der Waals surface area (Å²) in [5, 5.41) is 2.90. The summed E-state index contributed by atoms with van der Waals surface area (Å²) in [6.45, 7) is 3.53. The molecule has 1 fully saturated rings. The molecule has 5 heteroatoms. The van der Waals surface area contributed by atoms with E-state index in [9.17, 15) is 9.59 Å². The van der Waals surface area contributed by atoms with Gasteiger partial charge in [0.2, 0.25) is 0 Å². The molecule has 2 amide bonds. The van der Waals surface area contributed by atoms with E-state index >= 15 is 0 Å². The summed E-state index contributed by atoms with van der Waals surface area (Å²) in [5.41, 5.74) is 2.81. The van der Waals surface area contributed by atoms with E-state index in [0.29, 0.717) is 18.7 Å². The lowest BCUT2D eigenvalue weighted by Crippen LogP contribution is -2.46. The number of benzene rings is 2. The minimum Gasteiger partial charge on any atom is -0.445 e. The summed E-state index contributed by atoms with van der Waals surface area (Å²) < 4.78 is 5.26. The van der Waals surface area contributed by atoms with Gasteiger partial charge in [0.05, 0.1) is 0 Å². The Labute approximate surface area is 154 Å². The highest BCUT2D eigenvalue weighted by atomic mass is 16.5. The van der Waals surface area contributed by atoms with E-state index in [1.807, 2.05) is 66.4 Å². The summed E-state index contributed by atoms with van der Waals surface area (Å²) in [5.74, 6) is 0.0510. The molecule has 1 aliphatic rings. The van der Waals surface area contributed by atoms with Crippen molar-refractivity contribution in [3.05, 3.63) is 71.3 Å². The number of hydrogen-bond acceptors (Lipinski definition) is 3. The zero-order chi connectivity index (χ0) is 18.4. The molecule has 0 saturated carbocycles. The number of nitrogens with zero attached hydrogens (tertiary/aromatic N) is 1. The van der Waals surface area contributed by atoms with Crippen LogP contribution in [0.4, 0.5) is 4.79 Å². The molecule has 0 atom stereocenters. The third-order valence-electron chi connectivity index (χ3n) is 4.62. The van der Waals surface area contributed by atoms with Crippen LogP contribution in [0.1, 0.15) is 34.3 Å². The van der Waals surface area contributed by atoms with Gasteiger partial charge in [-0.3, -0.25) is 4.79 Å². The molecule has 5 nitrogen and oxygen atoms in total. The maximum absolute atomic E-state index is 12.5. The van der Waals surface area contributed by atoms with Crippen molar-refractivity contribution in [3.8, 4) is 0 Å². The fourth-order valence-electron chi connectivity index (χ4n) is 3.04. The van der Waals surface area contributed by atoms with Crippen LogP contribution < -0.4 is 5.32 Å². The number of rotatable bonds is 4. The van der Waals surface area contributed by atoms with Crippen LogP contribution in [-0.2, 0) is 11.3 Å². The number of likely N-dealkylation sites (tertiary alicyclic amines) is 1. The van der Waals surface area contributed by atoms with Gasteiger partial charge in [-0.05, 0) is 37.5 Å². The van der Waals surface area contributed by atoms with Gasteiger partial charge in [-0.25, -0.2) is 4.79 Å². The SMILES string of the molecule is Cc1ccc(C(=O)N2CCC(NC(=O)OCc3ccccc3)CC2)cc1. The minimum absolute atomic E-state index is 0.0420. The van der Waals surface area contributed by atoms with Crippen molar-refractivity contribution < 1.29 is 14.3 Å². The molecular weight excluding hydrogens is 328 g/mol. The normalized spacial score (nSPS) is 14.7. The minimum atomic E-state index is -0.405. The van der Waals surface area contributed by atoms with E-state index in [1.54, 1.807) is 0 Å². The largest absolute Gasteiger partial charge is 0.445 e. The molecule has 1 N–H and O–H groups in total. The van der Waals surface area contributed by atoms with Crippen molar-refractivity contribution in [3.63, 3.8) is 0 Å². The molecule has 136 valence electrons. The van der Waals surface area contributed by atoms with Gasteiger partial charge in [0.1, 0.15) is 6.61 Å². The Hall–Kier alpha value is -2.82. The van der Waals surface area contributed by atoms with Crippen LogP contribution in [0.15, 0.2) is 54.6 Å². The van der Waals surface area contributed by atoms with Crippen molar-refractivity contribution in [2.24, 2.45) is 0 Å². The second-order valence-electron chi connectivity index (χ2n) is 6.64. The number of carbonyl (C=O) groups excluding carboxylic acids is 2. The first kappa shape index (κ1) is 18.0. The fraction of sp³-hybridized carbons (Fsp3) is 0.333. The topological polar surface area (TPSA) is 58.6 Å². The lowest BCUT2D eigenvalue weighted by molar-refractivity contribution is 0.0701. The van der Waals surface area contributed by atoms with E-state index in [2.05, 4.69) is 5.32 Å². The van der Waals surface area contributed by atoms with Crippen LogP contribution >= 0.6 is 0 Å². The number of aryl methyl sites for hydroxylation is 1. The molecule has 0 spiro atoms. The van der Waals surface area contributed by atoms with Gasteiger partial charge in [0.15, 0.2) is 0 Å².